The van der Waals surface area contributed by atoms with Gasteiger partial charge in [0.25, 0.3) is 0 Å². The second-order valence-corrected chi connectivity index (χ2v) is 14.8. The van der Waals surface area contributed by atoms with Gasteiger partial charge in [-0.2, -0.15) is 23.5 Å². The molecule has 0 spiro atoms. The Kier molecular flexibility index (Phi) is 8.51. The first-order valence-electron chi connectivity index (χ1n) is 13.6. The molecule has 1 aliphatic carbocycles. The fourth-order valence-corrected chi connectivity index (χ4v) is 7.49. The lowest BCUT2D eigenvalue weighted by Crippen LogP contribution is -2.14. The van der Waals surface area contributed by atoms with Crippen LogP contribution in [0.4, 0.5) is 0 Å². The van der Waals surface area contributed by atoms with Crippen LogP contribution in [0.2, 0.25) is 0 Å². The van der Waals surface area contributed by atoms with E-state index >= 15 is 0 Å². The molecule has 2 aromatic carbocycles. The Balaban J connectivity index is 1.80. The van der Waals surface area contributed by atoms with Crippen LogP contribution >= 0.6 is 23.5 Å². The molecule has 0 radical (unpaired) electrons. The Bertz CT molecular complexity index is 908. The molecule has 0 saturated carbocycles. The van der Waals surface area contributed by atoms with Crippen LogP contribution in [-0.2, 0) is 41.6 Å². The monoisotopic (exact) mass is 494 g/mol. The summed E-state index contributed by atoms with van der Waals surface area (Å²) in [6, 6.07) is 10.3. The Morgan fingerprint density at radius 1 is 0.529 bits per heavy atom. The van der Waals surface area contributed by atoms with Crippen LogP contribution in [0.1, 0.15) is 118 Å². The van der Waals surface area contributed by atoms with Gasteiger partial charge in [0.15, 0.2) is 0 Å². The maximum Gasteiger partial charge on any atom is 0.0187 e. The van der Waals surface area contributed by atoms with Crippen molar-refractivity contribution in [3.63, 3.8) is 0 Å². The van der Waals surface area contributed by atoms with Crippen molar-refractivity contribution in [2.45, 2.75) is 115 Å². The van der Waals surface area contributed by atoms with Crippen molar-refractivity contribution in [2.24, 2.45) is 0 Å². The average Bonchev–Trinajstić information content (AvgIpc) is 2.94. The standard InChI is InChI=1S/C32H46S2/c1-31(2,3)27-17-23-16-24-18-28(32(4,5)6)20-26-22-34-15-11-9-7-8-10-14-33-21-25(19-27)29(23)12-13-30(24)26/h17-20H,7-16,21-22H2,1-6H3. The highest BCUT2D eigenvalue weighted by atomic mass is 32.2. The molecule has 0 atom stereocenters. The number of rotatable bonds is 0. The lowest BCUT2D eigenvalue weighted by Gasteiger charge is -2.24. The highest BCUT2D eigenvalue weighted by Crippen LogP contribution is 2.37. The molecule has 4 rings (SSSR count). The molecule has 1 aliphatic heterocycles. The van der Waals surface area contributed by atoms with Gasteiger partial charge in [0, 0.05) is 11.5 Å². The minimum absolute atomic E-state index is 0.190. The van der Waals surface area contributed by atoms with Gasteiger partial charge in [-0.05, 0) is 98.9 Å². The van der Waals surface area contributed by atoms with E-state index in [2.05, 4.69) is 89.3 Å². The molecule has 0 unspecified atom stereocenters. The van der Waals surface area contributed by atoms with Crippen LogP contribution < -0.4 is 0 Å². The maximum absolute atomic E-state index is 2.56. The van der Waals surface area contributed by atoms with E-state index in [0.29, 0.717) is 0 Å². The minimum atomic E-state index is 0.190. The van der Waals surface area contributed by atoms with Gasteiger partial charge in [0.1, 0.15) is 0 Å². The van der Waals surface area contributed by atoms with Gasteiger partial charge >= 0.3 is 0 Å². The first-order valence-corrected chi connectivity index (χ1v) is 15.9. The SMILES string of the molecule is CC(C)(C)c1cc2c3c(c1)Cc1cc(C(C)(C)C)cc(c1CC3)CSCCCCCCCSC2. The summed E-state index contributed by atoms with van der Waals surface area (Å²) in [6.07, 6.45) is 10.5. The summed E-state index contributed by atoms with van der Waals surface area (Å²) in [5.41, 5.74) is 13.2. The smallest absolute Gasteiger partial charge is 0.0187 e. The Morgan fingerprint density at radius 3 is 1.32 bits per heavy atom. The molecule has 0 fully saturated rings. The van der Waals surface area contributed by atoms with E-state index in [9.17, 15) is 0 Å². The summed E-state index contributed by atoms with van der Waals surface area (Å²) in [5.74, 6) is 4.97. The zero-order valence-corrected chi connectivity index (χ0v) is 24.2. The topological polar surface area (TPSA) is 0 Å². The van der Waals surface area contributed by atoms with Gasteiger partial charge in [-0.3, -0.25) is 0 Å². The molecule has 0 saturated heterocycles. The summed E-state index contributed by atoms with van der Waals surface area (Å²) in [4.78, 5) is 0. The van der Waals surface area contributed by atoms with Crippen LogP contribution in [0.15, 0.2) is 24.3 Å². The number of thioether (sulfide) groups is 2. The zero-order valence-electron chi connectivity index (χ0n) is 22.6. The summed E-state index contributed by atoms with van der Waals surface area (Å²) < 4.78 is 0. The fourth-order valence-electron chi connectivity index (χ4n) is 5.43. The van der Waals surface area contributed by atoms with Crippen LogP contribution in [0.3, 0.4) is 0 Å². The Hall–Kier alpha value is -0.860. The molecule has 0 N–H and O–H groups in total. The highest BCUT2D eigenvalue weighted by Gasteiger charge is 2.25. The van der Waals surface area contributed by atoms with Crippen molar-refractivity contribution in [1.82, 2.24) is 0 Å². The lowest BCUT2D eigenvalue weighted by atomic mass is 9.81. The molecule has 0 amide bonds. The maximum atomic E-state index is 2.56. The Morgan fingerprint density at radius 2 is 0.912 bits per heavy atom. The van der Waals surface area contributed by atoms with E-state index in [1.165, 1.54) is 79.1 Å². The fraction of sp³-hybridized carbons (Fsp3) is 0.625. The van der Waals surface area contributed by atoms with Gasteiger partial charge in [-0.25, -0.2) is 0 Å². The second-order valence-electron chi connectivity index (χ2n) is 12.6. The van der Waals surface area contributed by atoms with Crippen LogP contribution in [0.25, 0.3) is 0 Å². The molecule has 2 aromatic rings. The van der Waals surface area contributed by atoms with Gasteiger partial charge in [0.2, 0.25) is 0 Å². The summed E-state index contributed by atoms with van der Waals surface area (Å²) in [5, 5.41) is 0. The first kappa shape index (κ1) is 26.2. The summed E-state index contributed by atoms with van der Waals surface area (Å²) >= 11 is 4.34. The molecule has 0 nitrogen and oxygen atoms in total. The van der Waals surface area contributed by atoms with E-state index < -0.39 is 0 Å². The second kappa shape index (κ2) is 11.0. The average molecular weight is 495 g/mol. The van der Waals surface area contributed by atoms with Crippen molar-refractivity contribution >= 4 is 23.5 Å². The van der Waals surface area contributed by atoms with Crippen molar-refractivity contribution < 1.29 is 0 Å². The Labute approximate surface area is 218 Å². The van der Waals surface area contributed by atoms with Crippen molar-refractivity contribution in [1.29, 1.82) is 0 Å². The number of fused-ring (bicyclic) bond motifs is 1. The van der Waals surface area contributed by atoms with E-state index in [1.807, 2.05) is 0 Å². The normalized spacial score (nSPS) is 18.4. The first-order chi connectivity index (χ1) is 16.1. The molecule has 34 heavy (non-hydrogen) atoms. The zero-order chi connectivity index (χ0) is 24.3. The molecular formula is C32H46S2. The number of hydrogen-bond acceptors (Lipinski definition) is 2. The third kappa shape index (κ3) is 6.47. The van der Waals surface area contributed by atoms with Crippen molar-refractivity contribution in [3.8, 4) is 0 Å². The van der Waals surface area contributed by atoms with Gasteiger partial charge in [-0.15, -0.1) is 0 Å². The van der Waals surface area contributed by atoms with Gasteiger partial charge in [0.05, 0.1) is 0 Å². The van der Waals surface area contributed by atoms with Gasteiger partial charge < -0.3 is 0 Å². The van der Waals surface area contributed by atoms with Crippen molar-refractivity contribution in [2.75, 3.05) is 11.5 Å². The van der Waals surface area contributed by atoms with E-state index in [4.69, 9.17) is 0 Å². The number of benzene rings is 2. The van der Waals surface area contributed by atoms with E-state index in [-0.39, 0.29) is 10.8 Å². The molecular weight excluding hydrogens is 448 g/mol. The van der Waals surface area contributed by atoms with Gasteiger partial charge in [-0.1, -0.05) is 85.1 Å². The predicted molar refractivity (Wildman–Crippen MR) is 156 cm³/mol. The summed E-state index contributed by atoms with van der Waals surface area (Å²) in [7, 11) is 0. The summed E-state index contributed by atoms with van der Waals surface area (Å²) in [6.45, 7) is 14.3. The third-order valence-corrected chi connectivity index (χ3v) is 9.88. The number of hydrogen-bond donors (Lipinski definition) is 0. The molecule has 186 valence electrons. The molecule has 1 heterocycles. The van der Waals surface area contributed by atoms with Crippen LogP contribution in [0, 0.1) is 0 Å². The third-order valence-electron chi connectivity index (χ3n) is 7.70. The van der Waals surface area contributed by atoms with Crippen molar-refractivity contribution in [3.05, 3.63) is 68.8 Å². The molecule has 0 aromatic heterocycles. The van der Waals surface area contributed by atoms with E-state index in [0.717, 1.165) is 6.42 Å². The largest absolute Gasteiger partial charge is 0.157 e. The quantitative estimate of drug-likeness (QED) is 0.358. The van der Waals surface area contributed by atoms with E-state index in [1.54, 1.807) is 33.4 Å². The van der Waals surface area contributed by atoms with Crippen LogP contribution in [0.5, 0.6) is 0 Å². The molecule has 2 bridgehead atoms. The highest BCUT2D eigenvalue weighted by molar-refractivity contribution is 7.98. The minimum Gasteiger partial charge on any atom is -0.157 e. The lowest BCUT2D eigenvalue weighted by molar-refractivity contribution is 0.588. The molecule has 2 aliphatic rings. The van der Waals surface area contributed by atoms with Crippen LogP contribution in [-0.4, -0.2) is 11.5 Å². The predicted octanol–water partition coefficient (Wildman–Crippen LogP) is 9.40. The molecule has 2 heteroatoms.